The van der Waals surface area contributed by atoms with E-state index in [0.717, 1.165) is 16.3 Å². The van der Waals surface area contributed by atoms with E-state index in [1.54, 1.807) is 17.5 Å². The van der Waals surface area contributed by atoms with Crippen LogP contribution in [0.1, 0.15) is 23.0 Å². The fourth-order valence-corrected chi connectivity index (χ4v) is 2.69. The molecule has 2 N–H and O–H groups in total. The van der Waals surface area contributed by atoms with Gasteiger partial charge in [-0.3, -0.25) is 9.38 Å². The second-order valence-corrected chi connectivity index (χ2v) is 5.27. The van der Waals surface area contributed by atoms with Crippen molar-refractivity contribution in [2.45, 2.75) is 19.4 Å². The maximum atomic E-state index is 6.18. The molecule has 0 amide bonds. The number of nitrogens with two attached hydrogens (primary N) is 1. The molecule has 0 aromatic carbocycles. The van der Waals surface area contributed by atoms with Crippen molar-refractivity contribution in [2.24, 2.45) is 5.73 Å². The van der Waals surface area contributed by atoms with Crippen LogP contribution in [0.3, 0.4) is 0 Å². The predicted octanol–water partition coefficient (Wildman–Crippen LogP) is 2.34. The molecule has 92 valence electrons. The zero-order chi connectivity index (χ0) is 12.5. The number of aryl methyl sites for hydroxylation is 1. The molecule has 0 spiro atoms. The number of rotatable bonds is 3. The molecule has 0 saturated heterocycles. The number of hydrogen-bond acceptors (Lipinski definition) is 4. The van der Waals surface area contributed by atoms with Crippen molar-refractivity contribution in [1.29, 1.82) is 0 Å². The van der Waals surface area contributed by atoms with Gasteiger partial charge in [0.05, 0.1) is 17.4 Å². The third kappa shape index (κ3) is 2.14. The Morgan fingerprint density at radius 2 is 2.39 bits per heavy atom. The van der Waals surface area contributed by atoms with Crippen LogP contribution in [0.25, 0.3) is 4.96 Å². The van der Waals surface area contributed by atoms with Crippen molar-refractivity contribution in [2.75, 3.05) is 0 Å². The van der Waals surface area contributed by atoms with Gasteiger partial charge < -0.3 is 5.73 Å². The van der Waals surface area contributed by atoms with Crippen molar-refractivity contribution in [1.82, 2.24) is 14.4 Å². The summed E-state index contributed by atoms with van der Waals surface area (Å²) in [6.07, 6.45) is 6.55. The van der Waals surface area contributed by atoms with E-state index in [2.05, 4.69) is 9.97 Å². The molecule has 18 heavy (non-hydrogen) atoms. The van der Waals surface area contributed by atoms with Gasteiger partial charge in [-0.15, -0.1) is 11.3 Å². The van der Waals surface area contributed by atoms with E-state index < -0.39 is 0 Å². The average Bonchev–Trinajstić information content (AvgIpc) is 2.89. The Labute approximate surface area is 109 Å². The van der Waals surface area contributed by atoms with E-state index >= 15 is 0 Å². The highest BCUT2D eigenvalue weighted by Gasteiger charge is 2.11. The third-order valence-corrected chi connectivity index (χ3v) is 3.66. The summed E-state index contributed by atoms with van der Waals surface area (Å²) in [7, 11) is 0. The number of imidazole rings is 1. The Bertz CT molecular complexity index is 642. The summed E-state index contributed by atoms with van der Waals surface area (Å²) in [5.74, 6) is 0. The van der Waals surface area contributed by atoms with Crippen LogP contribution in [-0.4, -0.2) is 14.4 Å². The van der Waals surface area contributed by atoms with E-state index in [-0.39, 0.29) is 6.04 Å². The minimum atomic E-state index is -0.102. The fraction of sp³-hybridized carbons (Fsp3) is 0.231. The van der Waals surface area contributed by atoms with Gasteiger partial charge in [-0.25, -0.2) is 4.98 Å². The van der Waals surface area contributed by atoms with Crippen LogP contribution in [0, 0.1) is 6.92 Å². The van der Waals surface area contributed by atoms with E-state index in [4.69, 9.17) is 5.73 Å². The van der Waals surface area contributed by atoms with Gasteiger partial charge in [0.25, 0.3) is 0 Å². The third-order valence-electron chi connectivity index (χ3n) is 2.89. The molecule has 1 unspecified atom stereocenters. The summed E-state index contributed by atoms with van der Waals surface area (Å²) in [4.78, 5) is 9.86. The number of aromatic nitrogens is 3. The highest BCUT2D eigenvalue weighted by Crippen LogP contribution is 2.17. The van der Waals surface area contributed by atoms with E-state index in [1.165, 1.54) is 5.56 Å². The normalized spacial score (nSPS) is 13.0. The molecule has 5 heteroatoms. The van der Waals surface area contributed by atoms with Gasteiger partial charge in [-0.1, -0.05) is 0 Å². The van der Waals surface area contributed by atoms with E-state index in [0.29, 0.717) is 6.42 Å². The van der Waals surface area contributed by atoms with Gasteiger partial charge in [0, 0.05) is 30.4 Å². The molecule has 3 heterocycles. The standard InChI is InChI=1S/C13H14N4S/c1-9-2-3-15-12(6-9)11(14)7-10-8-17-4-5-18-13(17)16-10/h2-6,8,11H,7,14H2,1H3. The van der Waals surface area contributed by atoms with Crippen LogP contribution in [0.4, 0.5) is 0 Å². The minimum Gasteiger partial charge on any atom is -0.322 e. The van der Waals surface area contributed by atoms with Crippen molar-refractivity contribution in [3.8, 4) is 0 Å². The van der Waals surface area contributed by atoms with Gasteiger partial charge in [-0.2, -0.15) is 0 Å². The largest absolute Gasteiger partial charge is 0.322 e. The summed E-state index contributed by atoms with van der Waals surface area (Å²) in [6.45, 7) is 2.05. The lowest BCUT2D eigenvalue weighted by atomic mass is 10.1. The molecule has 0 aliphatic carbocycles. The van der Waals surface area contributed by atoms with Gasteiger partial charge in [0.15, 0.2) is 4.96 Å². The fourth-order valence-electron chi connectivity index (χ4n) is 1.97. The molecule has 0 radical (unpaired) electrons. The second kappa shape index (κ2) is 4.51. The zero-order valence-electron chi connectivity index (χ0n) is 10.1. The Morgan fingerprint density at radius 1 is 1.50 bits per heavy atom. The molecular formula is C13H14N4S. The SMILES string of the molecule is Cc1ccnc(C(N)Cc2cn3ccsc3n2)c1. The first-order valence-corrected chi connectivity index (χ1v) is 6.69. The second-order valence-electron chi connectivity index (χ2n) is 4.39. The molecule has 3 rings (SSSR count). The van der Waals surface area contributed by atoms with Gasteiger partial charge in [-0.05, 0) is 24.6 Å². The molecular weight excluding hydrogens is 244 g/mol. The molecule has 3 aromatic heterocycles. The lowest BCUT2D eigenvalue weighted by Crippen LogP contribution is -2.15. The predicted molar refractivity (Wildman–Crippen MR) is 72.7 cm³/mol. The number of fused-ring (bicyclic) bond motifs is 1. The highest BCUT2D eigenvalue weighted by atomic mass is 32.1. The van der Waals surface area contributed by atoms with Crippen LogP contribution in [0.5, 0.6) is 0 Å². The summed E-state index contributed by atoms with van der Waals surface area (Å²) >= 11 is 1.63. The maximum absolute atomic E-state index is 6.18. The lowest BCUT2D eigenvalue weighted by molar-refractivity contribution is 0.685. The first kappa shape index (κ1) is 11.4. The van der Waals surface area contributed by atoms with Crippen LogP contribution in [0.2, 0.25) is 0 Å². The zero-order valence-corrected chi connectivity index (χ0v) is 10.9. The Balaban J connectivity index is 1.81. The topological polar surface area (TPSA) is 56.2 Å². The molecule has 0 aliphatic heterocycles. The first-order valence-electron chi connectivity index (χ1n) is 5.81. The van der Waals surface area contributed by atoms with Gasteiger partial charge in [0.2, 0.25) is 0 Å². The number of thiazole rings is 1. The summed E-state index contributed by atoms with van der Waals surface area (Å²) in [5, 5.41) is 2.02. The van der Waals surface area contributed by atoms with Crippen molar-refractivity contribution >= 4 is 16.3 Å². The molecule has 0 bridgehead atoms. The van der Waals surface area contributed by atoms with E-state index in [9.17, 15) is 0 Å². The molecule has 1 atom stereocenters. The Morgan fingerprint density at radius 3 is 3.17 bits per heavy atom. The van der Waals surface area contributed by atoms with Crippen molar-refractivity contribution in [3.63, 3.8) is 0 Å². The van der Waals surface area contributed by atoms with Crippen molar-refractivity contribution in [3.05, 3.63) is 53.1 Å². The molecule has 4 nitrogen and oxygen atoms in total. The van der Waals surface area contributed by atoms with Crippen LogP contribution in [0.15, 0.2) is 36.1 Å². The summed E-state index contributed by atoms with van der Waals surface area (Å²) < 4.78 is 2.02. The maximum Gasteiger partial charge on any atom is 0.193 e. The Hall–Kier alpha value is -1.72. The summed E-state index contributed by atoms with van der Waals surface area (Å²) in [5.41, 5.74) is 9.29. The average molecular weight is 258 g/mol. The highest BCUT2D eigenvalue weighted by molar-refractivity contribution is 7.15. The monoisotopic (exact) mass is 258 g/mol. The van der Waals surface area contributed by atoms with Crippen LogP contribution < -0.4 is 5.73 Å². The molecule has 0 aliphatic rings. The van der Waals surface area contributed by atoms with Gasteiger partial charge >= 0.3 is 0 Å². The lowest BCUT2D eigenvalue weighted by Gasteiger charge is -2.09. The molecule has 3 aromatic rings. The van der Waals surface area contributed by atoms with Gasteiger partial charge in [0.1, 0.15) is 0 Å². The molecule has 0 saturated carbocycles. The number of nitrogens with zero attached hydrogens (tertiary/aromatic N) is 3. The van der Waals surface area contributed by atoms with Crippen molar-refractivity contribution < 1.29 is 0 Å². The van der Waals surface area contributed by atoms with E-state index in [1.807, 2.05) is 41.2 Å². The quantitative estimate of drug-likeness (QED) is 0.784. The minimum absolute atomic E-state index is 0.102. The number of hydrogen-bond donors (Lipinski definition) is 1. The first-order chi connectivity index (χ1) is 8.72. The number of pyridine rings is 1. The summed E-state index contributed by atoms with van der Waals surface area (Å²) in [6, 6.07) is 3.90. The van der Waals surface area contributed by atoms with Crippen LogP contribution >= 0.6 is 11.3 Å². The Kier molecular flexibility index (Phi) is 2.85. The molecule has 0 fully saturated rings. The van der Waals surface area contributed by atoms with Crippen LogP contribution in [-0.2, 0) is 6.42 Å². The smallest absolute Gasteiger partial charge is 0.193 e.